The second kappa shape index (κ2) is 4.52. The predicted octanol–water partition coefficient (Wildman–Crippen LogP) is -4.84. The first-order chi connectivity index (χ1) is 2.64. The largest absolute Gasteiger partial charge is 1.00 e. The summed E-state index contributed by atoms with van der Waals surface area (Å²) in [5, 5.41) is 8.47. The van der Waals surface area contributed by atoms with Crippen molar-refractivity contribution < 1.29 is 39.5 Å². The molecule has 0 radical (unpaired) electrons. The van der Waals surface area contributed by atoms with E-state index in [2.05, 4.69) is 18.0 Å². The summed E-state index contributed by atoms with van der Waals surface area (Å²) in [6.45, 7) is 0. The average molecular weight is 127 g/mol. The van der Waals surface area contributed by atoms with Gasteiger partial charge >= 0.3 is 29.6 Å². The molecule has 0 aliphatic rings. The van der Waals surface area contributed by atoms with Crippen molar-refractivity contribution in [2.24, 2.45) is 5.73 Å². The third-order valence-electron chi connectivity index (χ3n) is 0.201. The van der Waals surface area contributed by atoms with Crippen molar-refractivity contribution in [3.05, 3.63) is 0 Å². The fourth-order valence-corrected chi connectivity index (χ4v) is 0. The van der Waals surface area contributed by atoms with Gasteiger partial charge in [0.1, 0.15) is 0 Å². The van der Waals surface area contributed by atoms with Gasteiger partial charge in [-0.2, -0.15) is 0 Å². The number of amides is 1. The standard InChI is InChI=1S/C2H3NO2S.Na/c3-1(4)2(5)6;/h(H2,3,4)(H,5,6);/q;+1/p-1. The molecule has 0 fully saturated rings. The maximum absolute atomic E-state index is 9.48. The quantitative estimate of drug-likeness (QED) is 0.262. The third-order valence-corrected chi connectivity index (χ3v) is 0.402. The molecular weight excluding hydrogens is 125 g/mol. The fraction of sp³-hybridized carbons (Fsp3) is 0. The van der Waals surface area contributed by atoms with Crippen LogP contribution in [0.1, 0.15) is 0 Å². The van der Waals surface area contributed by atoms with Crippen LogP contribution in [0.2, 0.25) is 0 Å². The van der Waals surface area contributed by atoms with E-state index in [4.69, 9.17) is 0 Å². The molecule has 1 amide bonds. The zero-order valence-corrected chi connectivity index (χ0v) is 6.62. The molecule has 0 atom stereocenters. The van der Waals surface area contributed by atoms with Crippen LogP contribution in [0, 0.1) is 0 Å². The Balaban J connectivity index is 0. The van der Waals surface area contributed by atoms with Gasteiger partial charge in [0.2, 0.25) is 5.91 Å². The molecule has 7 heavy (non-hydrogen) atoms. The second-order valence-corrected chi connectivity index (χ2v) is 1.02. The third kappa shape index (κ3) is 6.36. The minimum Gasteiger partial charge on any atom is -0.861 e. The Morgan fingerprint density at radius 2 is 1.86 bits per heavy atom. The molecule has 0 spiro atoms. The van der Waals surface area contributed by atoms with E-state index in [1.807, 2.05) is 0 Å². The number of carbonyl (C=O) groups is 1. The predicted molar refractivity (Wildman–Crippen MR) is 21.8 cm³/mol. The normalized spacial score (nSPS) is 6.29. The number of primary amides is 1. The number of hydrogen-bond acceptors (Lipinski definition) is 3. The molecule has 0 aromatic carbocycles. The zero-order valence-electron chi connectivity index (χ0n) is 3.80. The summed E-state index contributed by atoms with van der Waals surface area (Å²) in [6, 6.07) is 0. The molecule has 0 aromatic heterocycles. The van der Waals surface area contributed by atoms with Crippen molar-refractivity contribution in [1.82, 2.24) is 0 Å². The van der Waals surface area contributed by atoms with Gasteiger partial charge in [-0.15, -0.1) is 0 Å². The van der Waals surface area contributed by atoms with Gasteiger partial charge in [-0.1, -0.05) is 12.2 Å². The maximum atomic E-state index is 9.48. The van der Waals surface area contributed by atoms with Crippen molar-refractivity contribution in [3.8, 4) is 0 Å². The molecule has 0 saturated heterocycles. The number of thiocarbonyl (C=S) groups is 1. The molecular formula is C2H2NNaO2S. The summed E-state index contributed by atoms with van der Waals surface area (Å²) in [4.78, 5) is 9.47. The van der Waals surface area contributed by atoms with Crippen LogP contribution >= 0.6 is 12.2 Å². The molecule has 0 aromatic rings. The molecule has 0 aliphatic carbocycles. The van der Waals surface area contributed by atoms with E-state index in [1.54, 1.807) is 0 Å². The van der Waals surface area contributed by atoms with Gasteiger partial charge in [0.15, 0.2) is 0 Å². The molecule has 34 valence electrons. The summed E-state index contributed by atoms with van der Waals surface area (Å²) < 4.78 is 0. The summed E-state index contributed by atoms with van der Waals surface area (Å²) >= 11 is 3.79. The smallest absolute Gasteiger partial charge is 0.861 e. The minimum atomic E-state index is -1.06. The minimum absolute atomic E-state index is 0. The van der Waals surface area contributed by atoms with Gasteiger partial charge < -0.3 is 10.8 Å². The van der Waals surface area contributed by atoms with Crippen molar-refractivity contribution >= 4 is 23.2 Å². The van der Waals surface area contributed by atoms with E-state index in [0.717, 1.165) is 0 Å². The van der Waals surface area contributed by atoms with Gasteiger partial charge in [0.05, 0.1) is 0 Å². The SMILES string of the molecule is NC(=O)C([O-])=S.[Na+]. The fourth-order valence-electron chi connectivity index (χ4n) is 0. The van der Waals surface area contributed by atoms with Crippen molar-refractivity contribution in [2.75, 3.05) is 0 Å². The van der Waals surface area contributed by atoms with Gasteiger partial charge in [0.25, 0.3) is 0 Å². The molecule has 2 N–H and O–H groups in total. The number of nitrogens with two attached hydrogens (primary N) is 1. The maximum Gasteiger partial charge on any atom is 1.00 e. The van der Waals surface area contributed by atoms with E-state index in [-0.39, 0.29) is 29.6 Å². The van der Waals surface area contributed by atoms with Crippen LogP contribution in [-0.4, -0.2) is 11.0 Å². The van der Waals surface area contributed by atoms with E-state index in [9.17, 15) is 9.90 Å². The summed E-state index contributed by atoms with van der Waals surface area (Å²) in [7, 11) is 0. The van der Waals surface area contributed by atoms with Crippen LogP contribution in [0.25, 0.3) is 0 Å². The van der Waals surface area contributed by atoms with Crippen LogP contribution < -0.4 is 40.4 Å². The Morgan fingerprint density at radius 3 is 1.86 bits per heavy atom. The Morgan fingerprint density at radius 1 is 1.71 bits per heavy atom. The summed E-state index contributed by atoms with van der Waals surface area (Å²) in [6.07, 6.45) is 0. The molecule has 0 aliphatic heterocycles. The van der Waals surface area contributed by atoms with Crippen LogP contribution in [-0.2, 0) is 4.79 Å². The van der Waals surface area contributed by atoms with E-state index >= 15 is 0 Å². The topological polar surface area (TPSA) is 66.2 Å². The Bertz CT molecular complexity index is 81.7. The molecule has 0 saturated carbocycles. The summed E-state index contributed by atoms with van der Waals surface area (Å²) in [5.41, 5.74) is 4.34. The van der Waals surface area contributed by atoms with Gasteiger partial charge in [0, 0.05) is 5.05 Å². The van der Waals surface area contributed by atoms with E-state index in [0.29, 0.717) is 0 Å². The molecule has 5 heteroatoms. The number of carbonyl (C=O) groups excluding carboxylic acids is 1. The Hall–Kier alpha value is 0.360. The molecule has 0 rings (SSSR count). The molecule has 3 nitrogen and oxygen atoms in total. The second-order valence-electron chi connectivity index (χ2n) is 0.652. The van der Waals surface area contributed by atoms with Crippen molar-refractivity contribution in [1.29, 1.82) is 0 Å². The first kappa shape index (κ1) is 10.4. The van der Waals surface area contributed by atoms with Crippen molar-refractivity contribution in [2.45, 2.75) is 0 Å². The van der Waals surface area contributed by atoms with Crippen LogP contribution in [0.5, 0.6) is 0 Å². The van der Waals surface area contributed by atoms with Crippen LogP contribution in [0.4, 0.5) is 0 Å². The summed E-state index contributed by atoms with van der Waals surface area (Å²) in [5.74, 6) is -1.06. The molecule has 0 unspecified atom stereocenters. The number of rotatable bonds is 0. The van der Waals surface area contributed by atoms with Gasteiger partial charge in [-0.25, -0.2) is 0 Å². The first-order valence-electron chi connectivity index (χ1n) is 1.15. The van der Waals surface area contributed by atoms with Crippen LogP contribution in [0.3, 0.4) is 0 Å². The number of hydrogen-bond donors (Lipinski definition) is 1. The Kier molecular flexibility index (Phi) is 6.69. The average Bonchev–Trinajstić information content (AvgIpc) is 1.36. The van der Waals surface area contributed by atoms with E-state index < -0.39 is 11.0 Å². The van der Waals surface area contributed by atoms with Gasteiger partial charge in [-0.3, -0.25) is 4.79 Å². The Labute approximate surface area is 68.2 Å². The first-order valence-corrected chi connectivity index (χ1v) is 1.56. The van der Waals surface area contributed by atoms with Crippen molar-refractivity contribution in [3.63, 3.8) is 0 Å². The zero-order chi connectivity index (χ0) is 5.15. The molecule has 0 heterocycles. The van der Waals surface area contributed by atoms with E-state index in [1.165, 1.54) is 0 Å². The monoisotopic (exact) mass is 127 g/mol. The van der Waals surface area contributed by atoms with Gasteiger partial charge in [-0.05, 0) is 0 Å². The molecule has 0 bridgehead atoms. The van der Waals surface area contributed by atoms with Crippen LogP contribution in [0.15, 0.2) is 0 Å².